The minimum atomic E-state index is 0.0380. The van der Waals surface area contributed by atoms with Crippen LogP contribution in [0.1, 0.15) is 28.0 Å². The molecule has 1 saturated heterocycles. The average molecular weight is 323 g/mol. The molecule has 1 aromatic carbocycles. The molecule has 1 aromatic heterocycles. The van der Waals surface area contributed by atoms with Gasteiger partial charge in [-0.1, -0.05) is 12.1 Å². The van der Waals surface area contributed by atoms with Gasteiger partial charge < -0.3 is 9.80 Å². The van der Waals surface area contributed by atoms with Crippen molar-refractivity contribution in [2.45, 2.75) is 13.3 Å². The van der Waals surface area contributed by atoms with E-state index >= 15 is 0 Å². The second kappa shape index (κ2) is 6.75. The van der Waals surface area contributed by atoms with Crippen LogP contribution in [-0.4, -0.2) is 46.8 Å². The summed E-state index contributed by atoms with van der Waals surface area (Å²) in [5.41, 5.74) is 3.19. The fourth-order valence-corrected chi connectivity index (χ4v) is 3.08. The molecule has 6 nitrogen and oxygen atoms in total. The highest BCUT2D eigenvalue weighted by Gasteiger charge is 2.23. The zero-order valence-corrected chi connectivity index (χ0v) is 14.1. The van der Waals surface area contributed by atoms with Crippen LogP contribution in [0.2, 0.25) is 0 Å². The molecule has 0 N–H and O–H groups in total. The highest BCUT2D eigenvalue weighted by molar-refractivity contribution is 5.95. The summed E-state index contributed by atoms with van der Waals surface area (Å²) in [6.45, 7) is 4.84. The molecule has 0 spiro atoms. The number of carbonyl (C=O) groups excluding carboxylic acids is 1. The largest absolute Gasteiger partial charge is 0.369 e. The van der Waals surface area contributed by atoms with Gasteiger partial charge in [-0.3, -0.25) is 9.48 Å². The molecule has 1 aliphatic rings. The molecule has 0 aliphatic carbocycles. The summed E-state index contributed by atoms with van der Waals surface area (Å²) in [7, 11) is 1.84. The van der Waals surface area contributed by atoms with Crippen LogP contribution in [0.5, 0.6) is 0 Å². The predicted octanol–water partition coefficient (Wildman–Crippen LogP) is 1.95. The van der Waals surface area contributed by atoms with Gasteiger partial charge in [0.2, 0.25) is 0 Å². The maximum absolute atomic E-state index is 12.8. The Morgan fingerprint density at radius 1 is 1.21 bits per heavy atom. The first-order valence-corrected chi connectivity index (χ1v) is 8.13. The van der Waals surface area contributed by atoms with E-state index in [1.54, 1.807) is 10.9 Å². The second-order valence-electron chi connectivity index (χ2n) is 6.03. The van der Waals surface area contributed by atoms with Gasteiger partial charge in [0.05, 0.1) is 23.0 Å². The van der Waals surface area contributed by atoms with Crippen LogP contribution in [-0.2, 0) is 7.05 Å². The Bertz CT molecular complexity index is 789. The van der Waals surface area contributed by atoms with Crippen LogP contribution in [0.25, 0.3) is 0 Å². The average Bonchev–Trinajstić information content (AvgIpc) is 2.81. The van der Waals surface area contributed by atoms with Gasteiger partial charge in [0, 0.05) is 38.9 Å². The van der Waals surface area contributed by atoms with Gasteiger partial charge >= 0.3 is 0 Å². The van der Waals surface area contributed by atoms with E-state index in [1.165, 1.54) is 0 Å². The lowest BCUT2D eigenvalue weighted by Crippen LogP contribution is -2.35. The number of nitrogens with zero attached hydrogens (tertiary/aromatic N) is 5. The first kappa shape index (κ1) is 16.1. The van der Waals surface area contributed by atoms with E-state index < -0.39 is 0 Å². The first-order chi connectivity index (χ1) is 11.6. The van der Waals surface area contributed by atoms with Gasteiger partial charge in [0.15, 0.2) is 0 Å². The molecule has 1 aliphatic heterocycles. The summed E-state index contributed by atoms with van der Waals surface area (Å²) < 4.78 is 1.72. The predicted molar refractivity (Wildman–Crippen MR) is 91.8 cm³/mol. The lowest BCUT2D eigenvalue weighted by Gasteiger charge is -2.24. The number of anilines is 1. The number of aromatic nitrogens is 2. The van der Waals surface area contributed by atoms with E-state index in [-0.39, 0.29) is 5.91 Å². The van der Waals surface area contributed by atoms with Gasteiger partial charge in [-0.05, 0) is 25.5 Å². The maximum atomic E-state index is 12.8. The Kier molecular flexibility index (Phi) is 4.52. The number of benzene rings is 1. The van der Waals surface area contributed by atoms with E-state index in [1.807, 2.05) is 43.1 Å². The van der Waals surface area contributed by atoms with E-state index in [2.05, 4.69) is 16.1 Å². The summed E-state index contributed by atoms with van der Waals surface area (Å²) >= 11 is 0. The molecule has 0 unspecified atom stereocenters. The van der Waals surface area contributed by atoms with Crippen molar-refractivity contribution in [3.63, 3.8) is 0 Å². The number of hydrogen-bond acceptors (Lipinski definition) is 4. The van der Waals surface area contributed by atoms with Crippen LogP contribution >= 0.6 is 0 Å². The standard InChI is InChI=1S/C18H21N5O/c1-14-16(13-20-21(14)2)18(24)23-9-5-8-22(10-11-23)17-7-4-3-6-15(17)12-19/h3-4,6-7,13H,5,8-11H2,1-2H3. The number of para-hydroxylation sites is 1. The van der Waals surface area contributed by atoms with Gasteiger partial charge in [0.25, 0.3) is 5.91 Å². The zero-order chi connectivity index (χ0) is 17.1. The summed E-state index contributed by atoms with van der Waals surface area (Å²) in [6, 6.07) is 9.88. The Labute approximate surface area is 141 Å². The number of aryl methyl sites for hydroxylation is 1. The van der Waals surface area contributed by atoms with Crippen LogP contribution in [0, 0.1) is 18.3 Å². The van der Waals surface area contributed by atoms with Crippen LogP contribution < -0.4 is 4.90 Å². The Balaban J connectivity index is 1.75. The monoisotopic (exact) mass is 323 g/mol. The third kappa shape index (κ3) is 2.98. The van der Waals surface area contributed by atoms with E-state index in [0.717, 1.165) is 37.4 Å². The summed E-state index contributed by atoms with van der Waals surface area (Å²) in [5, 5.41) is 13.5. The summed E-state index contributed by atoms with van der Waals surface area (Å²) in [6.07, 6.45) is 2.52. The first-order valence-electron chi connectivity index (χ1n) is 8.13. The van der Waals surface area contributed by atoms with Crippen molar-refractivity contribution in [3.8, 4) is 6.07 Å². The van der Waals surface area contributed by atoms with Gasteiger partial charge in [0.1, 0.15) is 6.07 Å². The highest BCUT2D eigenvalue weighted by atomic mass is 16.2. The molecule has 24 heavy (non-hydrogen) atoms. The van der Waals surface area contributed by atoms with Crippen molar-refractivity contribution < 1.29 is 4.79 Å². The fraction of sp³-hybridized carbons (Fsp3) is 0.389. The minimum Gasteiger partial charge on any atom is -0.369 e. The lowest BCUT2D eigenvalue weighted by atomic mass is 10.1. The molecule has 0 bridgehead atoms. The molecule has 2 aromatic rings. The minimum absolute atomic E-state index is 0.0380. The molecule has 0 radical (unpaired) electrons. The van der Waals surface area contributed by atoms with Crippen LogP contribution in [0.3, 0.4) is 0 Å². The third-order valence-electron chi connectivity index (χ3n) is 4.61. The Morgan fingerprint density at radius 2 is 2.00 bits per heavy atom. The molecule has 6 heteroatoms. The summed E-state index contributed by atoms with van der Waals surface area (Å²) in [5.74, 6) is 0.0380. The van der Waals surface area contributed by atoms with Gasteiger partial charge in [-0.15, -0.1) is 0 Å². The second-order valence-corrected chi connectivity index (χ2v) is 6.03. The van der Waals surface area contributed by atoms with E-state index in [9.17, 15) is 10.1 Å². The van der Waals surface area contributed by atoms with Crippen LogP contribution in [0.15, 0.2) is 30.5 Å². The Hall–Kier alpha value is -2.81. The van der Waals surface area contributed by atoms with Crippen molar-refractivity contribution >= 4 is 11.6 Å². The van der Waals surface area contributed by atoms with Crippen LogP contribution in [0.4, 0.5) is 5.69 Å². The number of rotatable bonds is 2. The molecule has 0 atom stereocenters. The van der Waals surface area contributed by atoms with Crippen molar-refractivity contribution in [2.75, 3.05) is 31.1 Å². The number of hydrogen-bond donors (Lipinski definition) is 0. The number of nitriles is 1. The molecule has 1 fully saturated rings. The van der Waals surface area contributed by atoms with Gasteiger partial charge in [-0.2, -0.15) is 10.4 Å². The molecule has 0 saturated carbocycles. The molecule has 3 rings (SSSR count). The van der Waals surface area contributed by atoms with Crippen molar-refractivity contribution in [3.05, 3.63) is 47.3 Å². The van der Waals surface area contributed by atoms with Crippen molar-refractivity contribution in [2.24, 2.45) is 7.05 Å². The van der Waals surface area contributed by atoms with Crippen molar-refractivity contribution in [1.82, 2.24) is 14.7 Å². The van der Waals surface area contributed by atoms with E-state index in [0.29, 0.717) is 17.7 Å². The maximum Gasteiger partial charge on any atom is 0.257 e. The van der Waals surface area contributed by atoms with Crippen molar-refractivity contribution in [1.29, 1.82) is 5.26 Å². The molecular weight excluding hydrogens is 302 g/mol. The third-order valence-corrected chi connectivity index (χ3v) is 4.61. The highest BCUT2D eigenvalue weighted by Crippen LogP contribution is 2.21. The lowest BCUT2D eigenvalue weighted by molar-refractivity contribution is 0.0766. The molecular formula is C18H21N5O. The number of amides is 1. The normalized spacial score (nSPS) is 15.0. The topological polar surface area (TPSA) is 65.2 Å². The van der Waals surface area contributed by atoms with Gasteiger partial charge in [-0.25, -0.2) is 0 Å². The fourth-order valence-electron chi connectivity index (χ4n) is 3.08. The Morgan fingerprint density at radius 3 is 2.71 bits per heavy atom. The van der Waals surface area contributed by atoms with E-state index in [4.69, 9.17) is 0 Å². The molecule has 1 amide bonds. The number of carbonyl (C=O) groups is 1. The molecule has 124 valence electrons. The summed E-state index contributed by atoms with van der Waals surface area (Å²) in [4.78, 5) is 16.8. The molecule has 2 heterocycles. The SMILES string of the molecule is Cc1c(C(=O)N2CCCN(c3ccccc3C#N)CC2)cnn1C. The zero-order valence-electron chi connectivity index (χ0n) is 14.1. The quantitative estimate of drug-likeness (QED) is 0.847. The smallest absolute Gasteiger partial charge is 0.257 e.